The van der Waals surface area contributed by atoms with Crippen LogP contribution < -0.4 is 10.1 Å². The quantitative estimate of drug-likeness (QED) is 0.796. The topological polar surface area (TPSA) is 58.6 Å². The van der Waals surface area contributed by atoms with Gasteiger partial charge in [0.05, 0.1) is 6.10 Å². The van der Waals surface area contributed by atoms with Gasteiger partial charge in [0.15, 0.2) is 6.61 Å². The molecule has 0 unspecified atom stereocenters. The number of rotatable bonds is 7. The van der Waals surface area contributed by atoms with Gasteiger partial charge in [0.1, 0.15) is 5.75 Å². The molecule has 1 aromatic carbocycles. The Morgan fingerprint density at radius 1 is 1.26 bits per heavy atom. The van der Waals surface area contributed by atoms with Crippen LogP contribution >= 0.6 is 0 Å². The van der Waals surface area contributed by atoms with E-state index in [1.165, 1.54) is 0 Å². The summed E-state index contributed by atoms with van der Waals surface area (Å²) in [6, 6.07) is 7.31. The number of carbonyl (C=O) groups excluding carboxylic acids is 1. The molecule has 1 aromatic rings. The maximum absolute atomic E-state index is 11.6. The number of benzene rings is 1. The predicted molar refractivity (Wildman–Crippen MR) is 75.1 cm³/mol. The molecule has 4 heteroatoms. The first kappa shape index (κ1) is 15.5. The number of hydrogen-bond acceptors (Lipinski definition) is 3. The van der Waals surface area contributed by atoms with Crippen LogP contribution in [-0.4, -0.2) is 23.7 Å². The Balaban J connectivity index is 2.41. The summed E-state index contributed by atoms with van der Waals surface area (Å²) in [4.78, 5) is 11.6. The lowest BCUT2D eigenvalue weighted by Crippen LogP contribution is -2.37. The highest BCUT2D eigenvalue weighted by molar-refractivity contribution is 5.77. The minimum absolute atomic E-state index is 0.0184. The van der Waals surface area contributed by atoms with Crippen molar-refractivity contribution in [3.05, 3.63) is 29.8 Å². The second kappa shape index (κ2) is 7.79. The van der Waals surface area contributed by atoms with Crippen LogP contribution in [0.3, 0.4) is 0 Å². The fraction of sp³-hybridized carbons (Fsp3) is 0.533. The highest BCUT2D eigenvalue weighted by Gasteiger charge is 2.09. The summed E-state index contributed by atoms with van der Waals surface area (Å²) in [7, 11) is 0. The van der Waals surface area contributed by atoms with Crippen LogP contribution in [0.2, 0.25) is 0 Å². The number of ether oxygens (including phenoxy) is 1. The van der Waals surface area contributed by atoms with E-state index in [0.717, 1.165) is 18.4 Å². The maximum atomic E-state index is 11.6. The fourth-order valence-corrected chi connectivity index (χ4v) is 1.75. The summed E-state index contributed by atoms with van der Waals surface area (Å²) < 4.78 is 5.40. The third-order valence-corrected chi connectivity index (χ3v) is 3.08. The van der Waals surface area contributed by atoms with Crippen LogP contribution in [0.25, 0.3) is 0 Å². The number of nitrogens with one attached hydrogen (secondary N) is 1. The fourth-order valence-electron chi connectivity index (χ4n) is 1.75. The van der Waals surface area contributed by atoms with E-state index in [2.05, 4.69) is 5.32 Å². The zero-order chi connectivity index (χ0) is 14.3. The van der Waals surface area contributed by atoms with Gasteiger partial charge in [0, 0.05) is 6.04 Å². The molecule has 1 rings (SSSR count). The molecular formula is C15H23NO3. The van der Waals surface area contributed by atoms with E-state index in [4.69, 9.17) is 4.74 Å². The average molecular weight is 265 g/mol. The Bertz CT molecular complexity index is 383. The molecule has 0 aromatic heterocycles. The van der Waals surface area contributed by atoms with Crippen molar-refractivity contribution in [2.45, 2.75) is 45.8 Å². The Morgan fingerprint density at radius 3 is 2.32 bits per heavy atom. The molecule has 0 fully saturated rings. The molecule has 0 aliphatic rings. The molecule has 0 saturated heterocycles. The molecule has 0 aliphatic heterocycles. The third-order valence-electron chi connectivity index (χ3n) is 3.08. The highest BCUT2D eigenvalue weighted by atomic mass is 16.5. The van der Waals surface area contributed by atoms with E-state index in [1.54, 1.807) is 31.2 Å². The van der Waals surface area contributed by atoms with E-state index >= 15 is 0 Å². The van der Waals surface area contributed by atoms with Gasteiger partial charge in [-0.1, -0.05) is 26.0 Å². The van der Waals surface area contributed by atoms with E-state index in [0.29, 0.717) is 5.75 Å². The van der Waals surface area contributed by atoms with Gasteiger partial charge >= 0.3 is 0 Å². The summed E-state index contributed by atoms with van der Waals surface area (Å²) in [5.41, 5.74) is 0.828. The van der Waals surface area contributed by atoms with Gasteiger partial charge in [-0.3, -0.25) is 4.79 Å². The molecule has 0 spiro atoms. The van der Waals surface area contributed by atoms with Crippen LogP contribution in [0.5, 0.6) is 5.75 Å². The molecule has 0 radical (unpaired) electrons. The number of amides is 1. The normalized spacial score (nSPS) is 12.3. The van der Waals surface area contributed by atoms with E-state index in [9.17, 15) is 9.90 Å². The molecule has 0 heterocycles. The van der Waals surface area contributed by atoms with Crippen LogP contribution in [0.1, 0.15) is 45.3 Å². The monoisotopic (exact) mass is 265 g/mol. The van der Waals surface area contributed by atoms with E-state index < -0.39 is 6.10 Å². The molecule has 0 aliphatic carbocycles. The van der Waals surface area contributed by atoms with E-state index in [1.807, 2.05) is 13.8 Å². The molecule has 19 heavy (non-hydrogen) atoms. The molecule has 2 N–H and O–H groups in total. The Kier molecular flexibility index (Phi) is 6.36. The third kappa shape index (κ3) is 5.30. The smallest absolute Gasteiger partial charge is 0.258 e. The molecule has 4 nitrogen and oxygen atoms in total. The van der Waals surface area contributed by atoms with Gasteiger partial charge in [-0.15, -0.1) is 0 Å². The van der Waals surface area contributed by atoms with Crippen LogP contribution in [0, 0.1) is 0 Å². The van der Waals surface area contributed by atoms with Gasteiger partial charge in [-0.2, -0.15) is 0 Å². The lowest BCUT2D eigenvalue weighted by atomic mass is 10.1. The van der Waals surface area contributed by atoms with Gasteiger partial charge in [-0.25, -0.2) is 0 Å². The minimum Gasteiger partial charge on any atom is -0.484 e. The number of aliphatic hydroxyl groups excluding tert-OH is 1. The van der Waals surface area contributed by atoms with Crippen LogP contribution in [-0.2, 0) is 4.79 Å². The highest BCUT2D eigenvalue weighted by Crippen LogP contribution is 2.17. The summed E-state index contributed by atoms with van der Waals surface area (Å²) in [5, 5.41) is 12.3. The summed E-state index contributed by atoms with van der Waals surface area (Å²) >= 11 is 0. The van der Waals surface area contributed by atoms with Crippen molar-refractivity contribution in [1.82, 2.24) is 5.32 Å². The van der Waals surface area contributed by atoms with Crippen LogP contribution in [0.15, 0.2) is 24.3 Å². The van der Waals surface area contributed by atoms with Gasteiger partial charge in [0.25, 0.3) is 5.91 Å². The van der Waals surface area contributed by atoms with E-state index in [-0.39, 0.29) is 18.6 Å². The van der Waals surface area contributed by atoms with Crippen molar-refractivity contribution in [3.63, 3.8) is 0 Å². The minimum atomic E-state index is -0.493. The number of hydrogen-bond donors (Lipinski definition) is 2. The lowest BCUT2D eigenvalue weighted by molar-refractivity contribution is -0.123. The largest absolute Gasteiger partial charge is 0.484 e. The first-order valence-electron chi connectivity index (χ1n) is 6.77. The molecule has 1 atom stereocenters. The van der Waals surface area contributed by atoms with Crippen molar-refractivity contribution < 1.29 is 14.6 Å². The van der Waals surface area contributed by atoms with Gasteiger partial charge in [0.2, 0.25) is 0 Å². The standard InChI is InChI=1S/C15H23NO3/c1-4-13(5-2)16-15(18)10-19-14-8-6-12(7-9-14)11(3)17/h6-9,11,13,17H,4-5,10H2,1-3H3,(H,16,18)/t11-/m1/s1. The van der Waals surface area contributed by atoms with Gasteiger partial charge < -0.3 is 15.2 Å². The maximum Gasteiger partial charge on any atom is 0.258 e. The van der Waals surface area contributed by atoms with Crippen molar-refractivity contribution in [3.8, 4) is 5.75 Å². The Morgan fingerprint density at radius 2 is 1.84 bits per heavy atom. The molecule has 0 saturated carbocycles. The summed E-state index contributed by atoms with van der Waals surface area (Å²) in [5.74, 6) is 0.525. The first-order valence-corrected chi connectivity index (χ1v) is 6.77. The second-order valence-corrected chi connectivity index (χ2v) is 4.61. The summed E-state index contributed by atoms with van der Waals surface area (Å²) in [6.07, 6.45) is 1.35. The van der Waals surface area contributed by atoms with Crippen molar-refractivity contribution in [1.29, 1.82) is 0 Å². The first-order chi connectivity index (χ1) is 9.06. The number of carbonyl (C=O) groups is 1. The molecular weight excluding hydrogens is 242 g/mol. The van der Waals surface area contributed by atoms with Gasteiger partial charge in [-0.05, 0) is 37.5 Å². The zero-order valence-electron chi connectivity index (χ0n) is 11.8. The molecule has 106 valence electrons. The van der Waals surface area contributed by atoms with Crippen molar-refractivity contribution >= 4 is 5.91 Å². The zero-order valence-corrected chi connectivity index (χ0v) is 11.8. The van der Waals surface area contributed by atoms with Crippen molar-refractivity contribution in [2.24, 2.45) is 0 Å². The SMILES string of the molecule is CCC(CC)NC(=O)COc1ccc([C@@H](C)O)cc1. The lowest BCUT2D eigenvalue weighted by Gasteiger charge is -2.15. The predicted octanol–water partition coefficient (Wildman–Crippen LogP) is 2.42. The molecule has 0 bridgehead atoms. The molecule has 1 amide bonds. The average Bonchev–Trinajstić information content (AvgIpc) is 2.43. The number of aliphatic hydroxyl groups is 1. The second-order valence-electron chi connectivity index (χ2n) is 4.61. The van der Waals surface area contributed by atoms with Crippen molar-refractivity contribution in [2.75, 3.05) is 6.61 Å². The Labute approximate surface area is 114 Å². The van der Waals surface area contributed by atoms with Crippen LogP contribution in [0.4, 0.5) is 0 Å². The summed E-state index contributed by atoms with van der Waals surface area (Å²) in [6.45, 7) is 5.82. The Hall–Kier alpha value is -1.55.